The van der Waals surface area contributed by atoms with Crippen molar-refractivity contribution < 1.29 is 39.6 Å². The van der Waals surface area contributed by atoms with Crippen LogP contribution in [0.15, 0.2) is 118 Å². The van der Waals surface area contributed by atoms with Gasteiger partial charge in [0, 0.05) is 104 Å². The molecule has 10 N–H and O–H groups in total. The van der Waals surface area contributed by atoms with Crippen LogP contribution in [0.2, 0.25) is 0 Å². The SMILES string of the molecule is CN1CC[C@]23Cc4[nH]c(=O)c(C(=O)N5CCC[C@H]5C(N)=O)cc4C[C@@]2(O)[C@H]1Cc1ccc(O)cc13.O=C(NCc1ccccc1)c1cc2c([nH]c1=O)C[C@]13CCN(CC4CC4)[C@H](Cc4ccc(O)cc41)[C@@H]3C2.O=C(c1cc2c([nH]c1=O)C[C@]13CCN(CC4CC4)[C@H](Cc4ccc(O)cc41)[C@@H]3C2)N1CCCC1. The van der Waals surface area contributed by atoms with Crippen LogP contribution < -0.4 is 27.7 Å². The number of nitrogens with two attached hydrogens (primary N) is 1. The molecule has 2 saturated carbocycles. The maximum atomic E-state index is 13.3. The molecule has 7 fully saturated rings. The van der Waals surface area contributed by atoms with Crippen LogP contribution in [0.3, 0.4) is 0 Å². The van der Waals surface area contributed by atoms with Gasteiger partial charge in [-0.2, -0.15) is 0 Å². The number of carbonyl (C=O) groups is 4. The number of amides is 4. The summed E-state index contributed by atoms with van der Waals surface area (Å²) in [5.74, 6) is 1.81. The molecule has 5 saturated heterocycles. The van der Waals surface area contributed by atoms with Gasteiger partial charge in [0.2, 0.25) is 5.91 Å². The van der Waals surface area contributed by atoms with Gasteiger partial charge in [-0.05, 0) is 276 Å². The molecule has 8 aliphatic carbocycles. The van der Waals surface area contributed by atoms with Gasteiger partial charge in [0.15, 0.2) is 0 Å². The zero-order valence-corrected chi connectivity index (χ0v) is 60.4. The number of fused-ring (bicyclic) bond motifs is 6. The number of hydrogen-bond acceptors (Lipinski definition) is 14. The minimum absolute atomic E-state index is 0.0242. The van der Waals surface area contributed by atoms with E-state index in [1.807, 2.05) is 84.7 Å². The van der Waals surface area contributed by atoms with Crippen LogP contribution in [0.25, 0.3) is 0 Å². The lowest BCUT2D eigenvalue weighted by molar-refractivity contribution is -0.145. The maximum absolute atomic E-state index is 13.3. The summed E-state index contributed by atoms with van der Waals surface area (Å²) in [4.78, 5) is 111. The van der Waals surface area contributed by atoms with Gasteiger partial charge in [-0.3, -0.25) is 43.4 Å². The van der Waals surface area contributed by atoms with Crippen molar-refractivity contribution in [1.82, 2.24) is 44.8 Å². The minimum atomic E-state index is -1.13. The summed E-state index contributed by atoms with van der Waals surface area (Å²) in [6.07, 6.45) is 18.0. The first-order chi connectivity index (χ1) is 51.2. The van der Waals surface area contributed by atoms with E-state index in [0.717, 1.165) is 154 Å². The number of hydrogen-bond donors (Lipinski definition) is 9. The summed E-state index contributed by atoms with van der Waals surface area (Å²) in [7, 11) is 2.02. The average Bonchev–Trinajstić information content (AvgIpc) is 1.66. The Morgan fingerprint density at radius 3 is 1.58 bits per heavy atom. The molecule has 5 aliphatic heterocycles. The van der Waals surface area contributed by atoms with E-state index in [1.165, 1.54) is 65.9 Å². The topological polar surface area (TPSA) is 302 Å². The van der Waals surface area contributed by atoms with Crippen molar-refractivity contribution in [2.75, 3.05) is 59.4 Å². The number of rotatable bonds is 10. The number of benzene rings is 4. The lowest BCUT2D eigenvalue weighted by Crippen LogP contribution is -2.73. The van der Waals surface area contributed by atoms with Crippen molar-refractivity contribution in [2.24, 2.45) is 29.4 Å². The van der Waals surface area contributed by atoms with E-state index in [1.54, 1.807) is 18.2 Å². The molecule has 8 heterocycles. The molecule has 0 unspecified atom stereocenters. The maximum Gasteiger partial charge on any atom is 0.261 e. The van der Waals surface area contributed by atoms with Crippen molar-refractivity contribution >= 4 is 23.6 Å². The number of aromatic nitrogens is 3. The fraction of sp³-hybridized carbons (Fsp3) is 0.494. The Morgan fingerprint density at radius 1 is 0.519 bits per heavy atom. The third-order valence-electron chi connectivity index (χ3n) is 28.0. The first-order valence-corrected chi connectivity index (χ1v) is 39.0. The molecule has 21 heteroatoms. The van der Waals surface area contributed by atoms with E-state index < -0.39 is 34.4 Å². The van der Waals surface area contributed by atoms with E-state index in [4.69, 9.17) is 5.73 Å². The summed E-state index contributed by atoms with van der Waals surface area (Å²) < 4.78 is 0. The fourth-order valence-corrected chi connectivity index (χ4v) is 22.3. The number of pyridine rings is 3. The van der Waals surface area contributed by atoms with Crippen molar-refractivity contribution in [3.63, 3.8) is 0 Å². The largest absolute Gasteiger partial charge is 0.508 e. The summed E-state index contributed by atoms with van der Waals surface area (Å²) in [5.41, 5.74) is 16.9. The lowest BCUT2D eigenvalue weighted by atomic mass is 9.49. The zero-order chi connectivity index (χ0) is 72.9. The van der Waals surface area contributed by atoms with Crippen LogP contribution in [0.4, 0.5) is 0 Å². The molecule has 20 rings (SSSR count). The molecular weight excluding hydrogens is 1340 g/mol. The highest BCUT2D eigenvalue weighted by atomic mass is 16.3. The number of primary amides is 1. The first-order valence-electron chi connectivity index (χ1n) is 39.0. The predicted octanol–water partition coefficient (Wildman–Crippen LogP) is 6.91. The predicted molar refractivity (Wildman–Crippen MR) is 398 cm³/mol. The Bertz CT molecular complexity index is 4940. The summed E-state index contributed by atoms with van der Waals surface area (Å²) >= 11 is 0. The number of H-pyrrole nitrogens is 3. The number of piperidine rings is 3. The monoisotopic (exact) mass is 1430 g/mol. The van der Waals surface area contributed by atoms with E-state index in [9.17, 15) is 54.0 Å². The Hall–Kier alpha value is -9.15. The highest BCUT2D eigenvalue weighted by molar-refractivity contribution is 5.98. The average molecular weight is 1430 g/mol. The van der Waals surface area contributed by atoms with E-state index >= 15 is 0 Å². The minimum Gasteiger partial charge on any atom is -0.508 e. The molecule has 3 aromatic heterocycles. The van der Waals surface area contributed by atoms with Crippen molar-refractivity contribution in [1.29, 1.82) is 0 Å². The molecule has 13 aliphatic rings. The molecule has 0 radical (unpaired) electrons. The summed E-state index contributed by atoms with van der Waals surface area (Å²) in [6.45, 7) is 7.58. The number of phenolic OH excluding ortho intramolecular Hbond substituents is 3. The first kappa shape index (κ1) is 68.6. The molecule has 6 bridgehead atoms. The molecule has 21 nitrogen and oxygen atoms in total. The van der Waals surface area contributed by atoms with Gasteiger partial charge in [-0.1, -0.05) is 48.5 Å². The fourth-order valence-electron chi connectivity index (χ4n) is 22.3. The third kappa shape index (κ3) is 11.6. The molecule has 552 valence electrons. The van der Waals surface area contributed by atoms with E-state index in [-0.39, 0.29) is 63.1 Å². The van der Waals surface area contributed by atoms with Crippen LogP contribution in [0.5, 0.6) is 17.2 Å². The van der Waals surface area contributed by atoms with Gasteiger partial charge in [0.05, 0.1) is 5.60 Å². The second kappa shape index (κ2) is 26.1. The highest BCUT2D eigenvalue weighted by Crippen LogP contribution is 2.59. The Labute approximate surface area is 615 Å². The van der Waals surface area contributed by atoms with Crippen LogP contribution >= 0.6 is 0 Å². The second-order valence-corrected chi connectivity index (χ2v) is 33.8. The van der Waals surface area contributed by atoms with Gasteiger partial charge in [-0.15, -0.1) is 0 Å². The van der Waals surface area contributed by atoms with Gasteiger partial charge in [0.1, 0.15) is 40.0 Å². The molecule has 10 atom stereocenters. The normalized spacial score (nSPS) is 29.1. The number of likely N-dealkylation sites (N-methyl/N-ethyl adjacent to an activating group) is 1. The highest BCUT2D eigenvalue weighted by Gasteiger charge is 2.65. The van der Waals surface area contributed by atoms with Gasteiger partial charge in [0.25, 0.3) is 34.4 Å². The number of aliphatic hydroxyl groups is 1. The number of carbonyl (C=O) groups excluding carboxylic acids is 4. The van der Waals surface area contributed by atoms with Crippen LogP contribution in [-0.2, 0) is 85.4 Å². The van der Waals surface area contributed by atoms with Gasteiger partial charge >= 0.3 is 0 Å². The van der Waals surface area contributed by atoms with Crippen molar-refractivity contribution in [3.05, 3.63) is 224 Å². The van der Waals surface area contributed by atoms with E-state index in [0.29, 0.717) is 91.9 Å². The number of likely N-dealkylation sites (tertiary alicyclic amines) is 5. The smallest absolute Gasteiger partial charge is 0.261 e. The molecule has 4 aromatic carbocycles. The molecule has 7 aromatic rings. The Kier molecular flexibility index (Phi) is 16.9. The quantitative estimate of drug-likeness (QED) is 0.0673. The molecule has 4 amide bonds. The number of aromatic hydroxyl groups is 3. The van der Waals surface area contributed by atoms with E-state index in [2.05, 4.69) is 47.1 Å². The van der Waals surface area contributed by atoms with Gasteiger partial charge < -0.3 is 61.1 Å². The van der Waals surface area contributed by atoms with Crippen molar-refractivity contribution in [3.8, 4) is 17.2 Å². The summed E-state index contributed by atoms with van der Waals surface area (Å²) in [6, 6.07) is 32.4. The number of phenols is 3. The standard InChI is InChI=1S/C31H33N3O3.C28H33N3O3.C26H30N4O5/c35-23-9-8-21-14-28-26-13-22-12-24(29(36)32-17-19-4-2-1-3-5-19)30(37)33-27(22)16-31(26,25(21)15-23)10-11-34(28)18-20-6-7-20;32-20-6-5-18-13-25-23-12-19-11-21(27(34)30-8-1-2-9-30)26(33)29-24(19)15-28(23,22(18)14-20)7-10-31(25)16-17-3-4-17;1-29-8-6-25-13-19-15(12-26(25,35)21(29)10-14-4-5-16(31)11-18(14)25)9-17(23(33)28-19)24(34)30-7-2-3-20(30)22(27)32/h1-5,8-9,12,15,20,26,28,35H,6-7,10-11,13-14,16-18H2,(H,32,36)(H,33,37);5-6,11,14,17,23,25,32H,1-4,7-10,12-13,15-16H2,(H,29,33);4-5,9,11,20-21,31,35H,2-3,6-8,10,12-13H2,1H3,(H2,27,32)(H,28,33)/t26-,28+,31+;23-,25+,28+;20-,21+,25+,26+/m000/s1. The lowest BCUT2D eigenvalue weighted by Gasteiger charge is -2.63. The number of aromatic amines is 3. The Morgan fingerprint density at radius 2 is 1.03 bits per heavy atom. The third-order valence-corrected chi connectivity index (χ3v) is 28.0. The zero-order valence-electron chi connectivity index (χ0n) is 60.4. The Balaban J connectivity index is 0.000000113. The molecular formula is C85H96N10O11. The van der Waals surface area contributed by atoms with Gasteiger partial charge in [-0.25, -0.2) is 0 Å². The summed E-state index contributed by atoms with van der Waals surface area (Å²) in [5, 5.41) is 46.4. The number of nitrogens with one attached hydrogen (secondary N) is 4. The van der Waals surface area contributed by atoms with Crippen molar-refractivity contribution in [2.45, 2.75) is 181 Å². The number of nitrogens with zero attached hydrogens (tertiary/aromatic N) is 5. The van der Waals surface area contributed by atoms with Crippen LogP contribution in [0.1, 0.15) is 174 Å². The van der Waals surface area contributed by atoms with Crippen LogP contribution in [-0.4, -0.2) is 173 Å². The molecule has 0 spiro atoms. The van der Waals surface area contributed by atoms with Crippen LogP contribution in [0, 0.1) is 23.7 Å². The second-order valence-electron chi connectivity index (χ2n) is 33.8. The molecule has 106 heavy (non-hydrogen) atoms.